The molecular weight excluding hydrogens is 346 g/mol. The molecule has 0 amide bonds. The van der Waals surface area contributed by atoms with Gasteiger partial charge in [-0.2, -0.15) is 10.1 Å². The van der Waals surface area contributed by atoms with Crippen LogP contribution in [0.4, 0.5) is 0 Å². The Morgan fingerprint density at radius 2 is 1.82 bits per heavy atom. The van der Waals surface area contributed by atoms with Gasteiger partial charge in [-0.25, -0.2) is 4.99 Å². The molecule has 22 heavy (non-hydrogen) atoms. The number of nitrogens with zero attached hydrogens (tertiary/aromatic N) is 3. The number of nitrogens with two attached hydrogens (primary N) is 2. The lowest BCUT2D eigenvalue weighted by molar-refractivity contribution is -0.157. The van der Waals surface area contributed by atoms with Crippen molar-refractivity contribution in [3.63, 3.8) is 0 Å². The van der Waals surface area contributed by atoms with Gasteiger partial charge >= 0.3 is 0 Å². The molecular formula is C15H24BrN5O. The van der Waals surface area contributed by atoms with Gasteiger partial charge in [0.2, 0.25) is 11.9 Å². The topological polar surface area (TPSA) is 89.2 Å². The number of hydrogen-bond donors (Lipinski definition) is 2. The van der Waals surface area contributed by atoms with E-state index in [1.807, 2.05) is 19.9 Å². The average Bonchev–Trinajstić information content (AvgIpc) is 2.41. The van der Waals surface area contributed by atoms with Gasteiger partial charge in [0, 0.05) is 0 Å². The fourth-order valence-corrected chi connectivity index (χ4v) is 2.25. The number of aliphatic imine (C=N–C) groups is 2. The summed E-state index contributed by atoms with van der Waals surface area (Å²) in [7, 11) is 0. The third-order valence-corrected chi connectivity index (χ3v) is 3.25. The first-order valence-electron chi connectivity index (χ1n) is 7.15. The monoisotopic (exact) mass is 369 g/mol. The highest BCUT2D eigenvalue weighted by atomic mass is 79.9. The van der Waals surface area contributed by atoms with Crippen LogP contribution in [0.5, 0.6) is 0 Å². The van der Waals surface area contributed by atoms with E-state index < -0.39 is 5.66 Å². The highest BCUT2D eigenvalue weighted by Crippen LogP contribution is 2.20. The van der Waals surface area contributed by atoms with Gasteiger partial charge in [0.15, 0.2) is 5.66 Å². The van der Waals surface area contributed by atoms with Crippen LogP contribution >= 0.6 is 17.0 Å². The number of halogens is 1. The van der Waals surface area contributed by atoms with E-state index in [0.717, 1.165) is 19.3 Å². The Bertz CT molecular complexity index is 530. The van der Waals surface area contributed by atoms with E-state index in [0.29, 0.717) is 6.61 Å². The van der Waals surface area contributed by atoms with Crippen LogP contribution in [0.3, 0.4) is 0 Å². The van der Waals surface area contributed by atoms with Gasteiger partial charge in [-0.15, -0.1) is 17.0 Å². The van der Waals surface area contributed by atoms with Crippen LogP contribution in [0.2, 0.25) is 0 Å². The molecule has 0 radical (unpaired) electrons. The number of hydrogen-bond acceptors (Lipinski definition) is 6. The summed E-state index contributed by atoms with van der Waals surface area (Å²) in [5.41, 5.74) is 12.2. The van der Waals surface area contributed by atoms with Crippen LogP contribution in [-0.4, -0.2) is 29.3 Å². The summed E-state index contributed by atoms with van der Waals surface area (Å²) in [6.45, 7) is 4.33. The first kappa shape index (κ1) is 18.4. The first-order valence-corrected chi connectivity index (χ1v) is 7.15. The van der Waals surface area contributed by atoms with E-state index in [1.54, 1.807) is 0 Å². The van der Waals surface area contributed by atoms with Crippen molar-refractivity contribution in [1.29, 1.82) is 0 Å². The van der Waals surface area contributed by atoms with E-state index in [-0.39, 0.29) is 28.9 Å². The van der Waals surface area contributed by atoms with E-state index in [1.165, 1.54) is 10.6 Å². The molecule has 1 heterocycles. The minimum Gasteiger partial charge on any atom is -0.368 e. The number of guanidine groups is 2. The number of aryl methyl sites for hydroxylation is 1. The Balaban J connectivity index is 0.00000242. The molecule has 0 unspecified atom stereocenters. The maximum atomic E-state index is 5.84. The van der Waals surface area contributed by atoms with E-state index in [2.05, 4.69) is 34.3 Å². The zero-order valence-electron chi connectivity index (χ0n) is 13.0. The Kier molecular flexibility index (Phi) is 6.83. The lowest BCUT2D eigenvalue weighted by Crippen LogP contribution is -2.53. The molecule has 4 N–H and O–H groups in total. The van der Waals surface area contributed by atoms with Crippen LogP contribution in [0.15, 0.2) is 40.3 Å². The van der Waals surface area contributed by atoms with E-state index in [9.17, 15) is 0 Å². The lowest BCUT2D eigenvalue weighted by atomic mass is 10.1. The van der Waals surface area contributed by atoms with Crippen molar-refractivity contribution in [3.8, 4) is 0 Å². The average molecular weight is 370 g/mol. The largest absolute Gasteiger partial charge is 0.368 e. The van der Waals surface area contributed by atoms with Crippen molar-refractivity contribution in [2.45, 2.75) is 38.8 Å². The molecule has 1 aliphatic heterocycles. The zero-order chi connectivity index (χ0) is 15.3. The minimum absolute atomic E-state index is 0. The lowest BCUT2D eigenvalue weighted by Gasteiger charge is -2.36. The Labute approximate surface area is 142 Å². The molecule has 6 nitrogen and oxygen atoms in total. The molecule has 0 spiro atoms. The Morgan fingerprint density at radius 1 is 1.14 bits per heavy atom. The zero-order valence-corrected chi connectivity index (χ0v) is 14.7. The van der Waals surface area contributed by atoms with Gasteiger partial charge < -0.3 is 11.5 Å². The standard InChI is InChI=1S/C15H23N5O.BrH/c1-15(2)19-13(16)18-14(17)20(15)21-11-7-6-10-12-8-4-3-5-9-12;/h3-5,8-9H,6-7,10-11H2,1-2H3,(H4,16,17,18,19);1H. The summed E-state index contributed by atoms with van der Waals surface area (Å²) < 4.78 is 0. The highest BCUT2D eigenvalue weighted by Gasteiger charge is 2.32. The molecule has 0 saturated heterocycles. The number of hydroxylamine groups is 2. The van der Waals surface area contributed by atoms with Gasteiger partial charge in [0.05, 0.1) is 6.61 Å². The van der Waals surface area contributed by atoms with E-state index in [4.69, 9.17) is 16.3 Å². The number of rotatable bonds is 6. The smallest absolute Gasteiger partial charge is 0.226 e. The summed E-state index contributed by atoms with van der Waals surface area (Å²) in [6, 6.07) is 10.4. The maximum absolute atomic E-state index is 5.84. The molecule has 2 rings (SSSR count). The molecule has 1 aromatic rings. The molecule has 0 aromatic heterocycles. The molecule has 0 bridgehead atoms. The fraction of sp³-hybridized carbons (Fsp3) is 0.467. The second-order valence-corrected chi connectivity index (χ2v) is 5.50. The number of unbranched alkanes of at least 4 members (excludes halogenated alkanes) is 1. The highest BCUT2D eigenvalue weighted by molar-refractivity contribution is 8.93. The summed E-state index contributed by atoms with van der Waals surface area (Å²) in [5.74, 6) is 0.428. The molecule has 0 saturated carbocycles. The van der Waals surface area contributed by atoms with Gasteiger partial charge in [0.1, 0.15) is 0 Å². The Hall–Kier alpha value is -1.60. The number of benzene rings is 1. The van der Waals surface area contributed by atoms with Crippen LogP contribution in [0.25, 0.3) is 0 Å². The quantitative estimate of drug-likeness (QED) is 0.752. The van der Waals surface area contributed by atoms with Gasteiger partial charge in [-0.1, -0.05) is 30.3 Å². The summed E-state index contributed by atoms with van der Waals surface area (Å²) >= 11 is 0. The maximum Gasteiger partial charge on any atom is 0.226 e. The van der Waals surface area contributed by atoms with Crippen molar-refractivity contribution < 1.29 is 4.84 Å². The summed E-state index contributed by atoms with van der Waals surface area (Å²) in [5, 5.41) is 1.52. The normalized spacial score (nSPS) is 16.5. The molecule has 122 valence electrons. The SMILES string of the molecule is Br.CC1(C)N=C(N)N=C(N)N1OCCCCc1ccccc1. The third kappa shape index (κ3) is 4.99. The molecule has 0 atom stereocenters. The van der Waals surface area contributed by atoms with E-state index >= 15 is 0 Å². The second kappa shape index (κ2) is 8.14. The first-order chi connectivity index (χ1) is 9.99. The predicted octanol–water partition coefficient (Wildman–Crippen LogP) is 2.20. The molecule has 1 aliphatic rings. The second-order valence-electron chi connectivity index (χ2n) is 5.50. The third-order valence-electron chi connectivity index (χ3n) is 3.25. The van der Waals surface area contributed by atoms with Crippen molar-refractivity contribution >= 4 is 28.9 Å². The van der Waals surface area contributed by atoms with Gasteiger partial charge in [-0.3, -0.25) is 4.84 Å². The predicted molar refractivity (Wildman–Crippen MR) is 94.8 cm³/mol. The van der Waals surface area contributed by atoms with Crippen molar-refractivity contribution in [2.75, 3.05) is 6.61 Å². The molecule has 1 aromatic carbocycles. The molecule has 7 heteroatoms. The Morgan fingerprint density at radius 3 is 2.45 bits per heavy atom. The van der Waals surface area contributed by atoms with Crippen molar-refractivity contribution in [1.82, 2.24) is 5.06 Å². The van der Waals surface area contributed by atoms with Crippen molar-refractivity contribution in [3.05, 3.63) is 35.9 Å². The summed E-state index contributed by atoms with van der Waals surface area (Å²) in [4.78, 5) is 13.9. The van der Waals surface area contributed by atoms with Crippen LogP contribution in [0.1, 0.15) is 32.3 Å². The van der Waals surface area contributed by atoms with Gasteiger partial charge in [0.25, 0.3) is 0 Å². The molecule has 0 aliphatic carbocycles. The minimum atomic E-state index is -0.630. The van der Waals surface area contributed by atoms with Gasteiger partial charge in [-0.05, 0) is 38.7 Å². The van der Waals surface area contributed by atoms with Crippen LogP contribution in [-0.2, 0) is 11.3 Å². The van der Waals surface area contributed by atoms with Crippen molar-refractivity contribution in [2.24, 2.45) is 21.5 Å². The summed E-state index contributed by atoms with van der Waals surface area (Å²) in [6.07, 6.45) is 3.04. The molecule has 0 fully saturated rings. The fourth-order valence-electron chi connectivity index (χ4n) is 2.25. The van der Waals surface area contributed by atoms with Crippen LogP contribution < -0.4 is 11.5 Å². The van der Waals surface area contributed by atoms with Crippen LogP contribution in [0, 0.1) is 0 Å².